The average molecular weight is 484 g/mol. The van der Waals surface area contributed by atoms with Gasteiger partial charge in [0.05, 0.1) is 23.0 Å². The van der Waals surface area contributed by atoms with E-state index in [1.165, 1.54) is 0 Å². The van der Waals surface area contributed by atoms with E-state index in [0.717, 1.165) is 12.8 Å². The summed E-state index contributed by atoms with van der Waals surface area (Å²) in [7, 11) is 0. The molecule has 0 radical (unpaired) electrons. The first-order chi connectivity index (χ1) is 17.6. The number of para-hydroxylation sites is 4. The van der Waals surface area contributed by atoms with Crippen molar-refractivity contribution in [1.82, 2.24) is 9.55 Å². The van der Waals surface area contributed by atoms with E-state index in [1.807, 2.05) is 42.5 Å². The highest BCUT2D eigenvalue weighted by Crippen LogP contribution is 2.35. The molecule has 0 bridgehead atoms. The Morgan fingerprint density at radius 1 is 0.944 bits per heavy atom. The fourth-order valence-corrected chi connectivity index (χ4v) is 3.97. The summed E-state index contributed by atoms with van der Waals surface area (Å²) in [5.41, 5.74) is 0.997. The lowest BCUT2D eigenvalue weighted by atomic mass is 10.2. The van der Waals surface area contributed by atoms with Gasteiger partial charge in [-0.25, -0.2) is 4.98 Å². The maximum absolute atomic E-state index is 13.0. The van der Waals surface area contributed by atoms with Crippen LogP contribution >= 0.6 is 0 Å². The minimum absolute atomic E-state index is 0.0124. The van der Waals surface area contributed by atoms with Gasteiger partial charge in [-0.2, -0.15) is 0 Å². The monoisotopic (exact) mass is 483 g/mol. The molecule has 1 aliphatic carbocycles. The number of fused-ring (bicyclic) bond motifs is 1. The first-order valence-electron chi connectivity index (χ1n) is 11.9. The molecule has 1 aliphatic rings. The maximum Gasteiger partial charge on any atom is 0.306 e. The second-order valence-corrected chi connectivity index (χ2v) is 8.57. The second kappa shape index (κ2) is 10.4. The predicted octanol–water partition coefficient (Wildman–Crippen LogP) is 4.64. The van der Waals surface area contributed by atoms with Crippen LogP contribution in [0.25, 0.3) is 10.9 Å². The number of amides is 1. The lowest BCUT2D eigenvalue weighted by Gasteiger charge is -2.13. The quantitative estimate of drug-likeness (QED) is 0.348. The van der Waals surface area contributed by atoms with Gasteiger partial charge < -0.3 is 14.8 Å². The van der Waals surface area contributed by atoms with Crippen molar-refractivity contribution in [3.8, 4) is 11.5 Å². The first kappa shape index (κ1) is 23.3. The van der Waals surface area contributed by atoms with E-state index in [2.05, 4.69) is 10.3 Å². The average Bonchev–Trinajstić information content (AvgIpc) is 3.73. The molecule has 8 nitrogen and oxygen atoms in total. The summed E-state index contributed by atoms with van der Waals surface area (Å²) in [4.78, 5) is 42.4. The minimum Gasteiger partial charge on any atom is -0.456 e. The van der Waals surface area contributed by atoms with E-state index in [9.17, 15) is 14.4 Å². The molecule has 0 aliphatic heterocycles. The third-order valence-electron chi connectivity index (χ3n) is 5.84. The zero-order chi connectivity index (χ0) is 24.9. The largest absolute Gasteiger partial charge is 0.456 e. The Morgan fingerprint density at radius 3 is 2.47 bits per heavy atom. The van der Waals surface area contributed by atoms with Crippen LogP contribution in [0.5, 0.6) is 11.5 Å². The number of hydrogen-bond acceptors (Lipinski definition) is 6. The Hall–Kier alpha value is -4.46. The van der Waals surface area contributed by atoms with Gasteiger partial charge in [-0.1, -0.05) is 42.5 Å². The zero-order valence-corrected chi connectivity index (χ0v) is 19.6. The number of aryl methyl sites for hydroxylation is 1. The molecule has 1 aromatic heterocycles. The standard InChI is InChI=1S/C28H25N3O5/c32-26(30-23-12-6-7-13-24(23)36-20-8-2-1-3-9-20)18-35-27(33)17-16-25-29-22-11-5-4-10-21(22)28(34)31(25)19-14-15-19/h1-13,19H,14-18H2,(H,30,32). The third kappa shape index (κ3) is 5.43. The molecule has 0 atom stereocenters. The minimum atomic E-state index is -0.538. The van der Waals surface area contributed by atoms with Gasteiger partial charge in [-0.05, 0) is 49.2 Å². The van der Waals surface area contributed by atoms with Crippen LogP contribution < -0.4 is 15.6 Å². The SMILES string of the molecule is O=C(COC(=O)CCc1nc2ccccc2c(=O)n1C1CC1)Nc1ccccc1Oc1ccccc1. The molecule has 1 N–H and O–H groups in total. The second-order valence-electron chi connectivity index (χ2n) is 8.57. The van der Waals surface area contributed by atoms with Crippen molar-refractivity contribution >= 4 is 28.5 Å². The molecule has 1 fully saturated rings. The number of carbonyl (C=O) groups excluding carboxylic acids is 2. The van der Waals surface area contributed by atoms with Crippen LogP contribution in [0, 0.1) is 0 Å². The summed E-state index contributed by atoms with van der Waals surface area (Å²) in [6.07, 6.45) is 2.11. The molecule has 3 aromatic carbocycles. The summed E-state index contributed by atoms with van der Waals surface area (Å²) in [6.45, 7) is -0.431. The number of ether oxygens (including phenoxy) is 2. The highest BCUT2D eigenvalue weighted by molar-refractivity contribution is 5.94. The number of nitrogens with zero attached hydrogens (tertiary/aromatic N) is 2. The fourth-order valence-electron chi connectivity index (χ4n) is 3.97. The molecule has 1 heterocycles. The molecule has 0 unspecified atom stereocenters. The molecular formula is C28H25N3O5. The van der Waals surface area contributed by atoms with E-state index in [1.54, 1.807) is 41.0 Å². The van der Waals surface area contributed by atoms with Gasteiger partial charge in [0.25, 0.3) is 11.5 Å². The highest BCUT2D eigenvalue weighted by Gasteiger charge is 2.28. The Labute approximate surface area is 207 Å². The van der Waals surface area contributed by atoms with Crippen LogP contribution in [0.4, 0.5) is 5.69 Å². The van der Waals surface area contributed by atoms with E-state index >= 15 is 0 Å². The Bertz CT molecular complexity index is 1460. The number of benzene rings is 3. The first-order valence-corrected chi connectivity index (χ1v) is 11.9. The highest BCUT2D eigenvalue weighted by atomic mass is 16.5. The third-order valence-corrected chi connectivity index (χ3v) is 5.84. The van der Waals surface area contributed by atoms with Gasteiger partial charge in [0.15, 0.2) is 12.4 Å². The van der Waals surface area contributed by atoms with Crippen molar-refractivity contribution in [3.63, 3.8) is 0 Å². The van der Waals surface area contributed by atoms with Gasteiger partial charge in [-0.15, -0.1) is 0 Å². The van der Waals surface area contributed by atoms with Crippen molar-refractivity contribution in [2.24, 2.45) is 0 Å². The van der Waals surface area contributed by atoms with Crippen LogP contribution in [0.2, 0.25) is 0 Å². The molecule has 4 aromatic rings. The van der Waals surface area contributed by atoms with Crippen molar-refractivity contribution in [2.45, 2.75) is 31.7 Å². The number of esters is 1. The van der Waals surface area contributed by atoms with Gasteiger partial charge >= 0.3 is 5.97 Å². The van der Waals surface area contributed by atoms with Crippen LogP contribution in [0.15, 0.2) is 83.7 Å². The van der Waals surface area contributed by atoms with Crippen LogP contribution in [-0.2, 0) is 20.7 Å². The lowest BCUT2D eigenvalue weighted by Crippen LogP contribution is -2.26. The number of rotatable bonds is 9. The van der Waals surface area contributed by atoms with E-state index in [0.29, 0.717) is 33.9 Å². The molecule has 36 heavy (non-hydrogen) atoms. The molecular weight excluding hydrogens is 458 g/mol. The van der Waals surface area contributed by atoms with Crippen LogP contribution in [0.3, 0.4) is 0 Å². The van der Waals surface area contributed by atoms with Crippen molar-refractivity contribution < 1.29 is 19.1 Å². The molecule has 182 valence electrons. The molecule has 1 saturated carbocycles. The maximum atomic E-state index is 13.0. The summed E-state index contributed by atoms with van der Waals surface area (Å²) in [5.74, 6) is 0.658. The smallest absolute Gasteiger partial charge is 0.306 e. The lowest BCUT2D eigenvalue weighted by molar-refractivity contribution is -0.147. The van der Waals surface area contributed by atoms with Gasteiger partial charge in [0, 0.05) is 12.5 Å². The Morgan fingerprint density at radius 2 is 1.67 bits per heavy atom. The number of hydrogen-bond donors (Lipinski definition) is 1. The predicted molar refractivity (Wildman–Crippen MR) is 135 cm³/mol. The molecule has 8 heteroatoms. The van der Waals surface area contributed by atoms with Crippen molar-refractivity contribution in [2.75, 3.05) is 11.9 Å². The zero-order valence-electron chi connectivity index (χ0n) is 19.6. The summed E-state index contributed by atoms with van der Waals surface area (Å²) >= 11 is 0. The van der Waals surface area contributed by atoms with Crippen molar-refractivity contribution in [1.29, 1.82) is 0 Å². The Balaban J connectivity index is 1.18. The number of carbonyl (C=O) groups is 2. The van der Waals surface area contributed by atoms with E-state index < -0.39 is 18.5 Å². The van der Waals surface area contributed by atoms with E-state index in [-0.39, 0.29) is 24.4 Å². The van der Waals surface area contributed by atoms with Crippen LogP contribution in [-0.4, -0.2) is 28.0 Å². The normalized spacial score (nSPS) is 12.8. The number of nitrogens with one attached hydrogen (secondary N) is 1. The van der Waals surface area contributed by atoms with Crippen LogP contribution in [0.1, 0.15) is 31.1 Å². The molecule has 5 rings (SSSR count). The van der Waals surface area contributed by atoms with E-state index in [4.69, 9.17) is 9.47 Å². The van der Waals surface area contributed by atoms with Crippen molar-refractivity contribution in [3.05, 3.63) is 95.0 Å². The van der Waals surface area contributed by atoms with Gasteiger partial charge in [0.2, 0.25) is 0 Å². The summed E-state index contributed by atoms with van der Waals surface area (Å²) in [6, 6.07) is 23.6. The molecule has 1 amide bonds. The fraction of sp³-hybridized carbons (Fsp3) is 0.214. The molecule has 0 saturated heterocycles. The van der Waals surface area contributed by atoms with Gasteiger partial charge in [-0.3, -0.25) is 19.0 Å². The Kier molecular flexibility index (Phi) is 6.75. The summed E-state index contributed by atoms with van der Waals surface area (Å²) in [5, 5.41) is 3.29. The molecule has 0 spiro atoms. The number of aromatic nitrogens is 2. The summed E-state index contributed by atoms with van der Waals surface area (Å²) < 4.78 is 12.7. The number of anilines is 1. The topological polar surface area (TPSA) is 99.5 Å². The van der Waals surface area contributed by atoms with Gasteiger partial charge in [0.1, 0.15) is 11.6 Å².